The first kappa shape index (κ1) is 11.4. The molecule has 3 atom stereocenters. The molecule has 0 aromatic heterocycles. The summed E-state index contributed by atoms with van der Waals surface area (Å²) in [6, 6.07) is 0.327. The third-order valence-electron chi connectivity index (χ3n) is 3.67. The fourth-order valence-electron chi connectivity index (χ4n) is 2.59. The summed E-state index contributed by atoms with van der Waals surface area (Å²) in [5, 5.41) is 13.5. The second-order valence-corrected chi connectivity index (χ2v) is 4.95. The van der Waals surface area contributed by atoms with Gasteiger partial charge in [0.15, 0.2) is 0 Å². The zero-order valence-electron chi connectivity index (χ0n) is 9.45. The first-order chi connectivity index (χ1) is 7.36. The summed E-state index contributed by atoms with van der Waals surface area (Å²) in [6.07, 6.45) is 6.88. The van der Waals surface area contributed by atoms with E-state index in [2.05, 4.69) is 5.32 Å². The minimum absolute atomic E-state index is 0.130. The molecule has 2 N–H and O–H groups in total. The fourth-order valence-corrected chi connectivity index (χ4v) is 2.59. The second-order valence-electron chi connectivity index (χ2n) is 4.95. The maximum Gasteiger partial charge on any atom is 0.0693 e. The topological polar surface area (TPSA) is 41.5 Å². The highest BCUT2D eigenvalue weighted by atomic mass is 16.5. The Morgan fingerprint density at radius 2 is 2.00 bits per heavy atom. The van der Waals surface area contributed by atoms with Crippen LogP contribution in [0.5, 0.6) is 0 Å². The fraction of sp³-hybridized carbons (Fsp3) is 1.00. The van der Waals surface area contributed by atoms with Crippen LogP contribution < -0.4 is 5.32 Å². The lowest BCUT2D eigenvalue weighted by molar-refractivity contribution is 0.116. The molecule has 0 aromatic rings. The summed E-state index contributed by atoms with van der Waals surface area (Å²) < 4.78 is 5.35. The molecule has 15 heavy (non-hydrogen) atoms. The Kier molecular flexibility index (Phi) is 4.42. The molecule has 88 valence electrons. The molecular formula is C12H23NO2. The zero-order valence-corrected chi connectivity index (χ0v) is 9.45. The van der Waals surface area contributed by atoms with Crippen LogP contribution in [0.4, 0.5) is 0 Å². The molecule has 3 nitrogen and oxygen atoms in total. The van der Waals surface area contributed by atoms with Crippen LogP contribution in [-0.2, 0) is 4.74 Å². The van der Waals surface area contributed by atoms with Crippen molar-refractivity contribution in [1.29, 1.82) is 0 Å². The zero-order chi connectivity index (χ0) is 10.5. The van der Waals surface area contributed by atoms with Crippen molar-refractivity contribution >= 4 is 0 Å². The lowest BCUT2D eigenvalue weighted by atomic mass is 10.0. The highest BCUT2D eigenvalue weighted by Crippen LogP contribution is 2.19. The number of nitrogens with one attached hydrogen (secondary N) is 1. The van der Waals surface area contributed by atoms with E-state index in [0.717, 1.165) is 32.6 Å². The number of aliphatic hydroxyl groups is 1. The Morgan fingerprint density at radius 1 is 1.13 bits per heavy atom. The monoisotopic (exact) mass is 213 g/mol. The molecule has 1 aliphatic heterocycles. The number of aliphatic hydroxyl groups excluding tert-OH is 1. The van der Waals surface area contributed by atoms with Gasteiger partial charge in [-0.05, 0) is 25.2 Å². The van der Waals surface area contributed by atoms with Crippen molar-refractivity contribution in [3.8, 4) is 0 Å². The molecule has 1 heterocycles. The molecule has 3 heteroatoms. The van der Waals surface area contributed by atoms with Gasteiger partial charge < -0.3 is 15.2 Å². The summed E-state index contributed by atoms with van der Waals surface area (Å²) in [7, 11) is 0. The Balaban J connectivity index is 1.71. The van der Waals surface area contributed by atoms with Crippen LogP contribution in [-0.4, -0.2) is 37.0 Å². The van der Waals surface area contributed by atoms with E-state index < -0.39 is 0 Å². The van der Waals surface area contributed by atoms with E-state index in [9.17, 15) is 5.11 Å². The average molecular weight is 213 g/mol. The summed E-state index contributed by atoms with van der Waals surface area (Å²) in [5.74, 6) is 0.667. The van der Waals surface area contributed by atoms with Gasteiger partial charge in [0.05, 0.1) is 12.7 Å². The molecule has 0 spiro atoms. The van der Waals surface area contributed by atoms with Crippen molar-refractivity contribution in [2.45, 2.75) is 50.7 Å². The maximum atomic E-state index is 9.93. The van der Waals surface area contributed by atoms with Crippen LogP contribution in [0.25, 0.3) is 0 Å². The molecule has 0 aromatic carbocycles. The first-order valence-electron chi connectivity index (χ1n) is 6.35. The lowest BCUT2D eigenvalue weighted by Gasteiger charge is -2.23. The molecule has 1 saturated carbocycles. The molecule has 1 aliphatic carbocycles. The largest absolute Gasteiger partial charge is 0.392 e. The average Bonchev–Trinajstić information content (AvgIpc) is 2.67. The van der Waals surface area contributed by atoms with Crippen LogP contribution in [0, 0.1) is 5.92 Å². The van der Waals surface area contributed by atoms with Gasteiger partial charge in [0, 0.05) is 19.2 Å². The van der Waals surface area contributed by atoms with Crippen LogP contribution >= 0.6 is 0 Å². The van der Waals surface area contributed by atoms with Crippen LogP contribution in [0.3, 0.4) is 0 Å². The van der Waals surface area contributed by atoms with Gasteiger partial charge >= 0.3 is 0 Å². The smallest absolute Gasteiger partial charge is 0.0693 e. The first-order valence-corrected chi connectivity index (χ1v) is 6.35. The van der Waals surface area contributed by atoms with Crippen molar-refractivity contribution in [3.63, 3.8) is 0 Å². The molecule has 0 amide bonds. The Labute approximate surface area is 92.2 Å². The van der Waals surface area contributed by atoms with E-state index in [0.29, 0.717) is 12.0 Å². The molecular weight excluding hydrogens is 190 g/mol. The lowest BCUT2D eigenvalue weighted by Crippen LogP contribution is -2.41. The molecule has 2 rings (SSSR count). The number of ether oxygens (including phenoxy) is 1. The van der Waals surface area contributed by atoms with Gasteiger partial charge in [-0.2, -0.15) is 0 Å². The van der Waals surface area contributed by atoms with Gasteiger partial charge in [-0.25, -0.2) is 0 Å². The van der Waals surface area contributed by atoms with E-state index in [4.69, 9.17) is 4.74 Å². The van der Waals surface area contributed by atoms with Gasteiger partial charge in [-0.1, -0.05) is 19.3 Å². The SMILES string of the molecule is OC1CCCCCC1NCC1CCOC1. The van der Waals surface area contributed by atoms with Gasteiger partial charge in [0.1, 0.15) is 0 Å². The van der Waals surface area contributed by atoms with Gasteiger partial charge in [-0.3, -0.25) is 0 Å². The number of hydrogen-bond donors (Lipinski definition) is 2. The minimum atomic E-state index is -0.130. The van der Waals surface area contributed by atoms with Gasteiger partial charge in [0.2, 0.25) is 0 Å². The Hall–Kier alpha value is -0.120. The predicted octanol–water partition coefficient (Wildman–Crippen LogP) is 1.31. The normalized spacial score (nSPS) is 37.8. The van der Waals surface area contributed by atoms with Crippen LogP contribution in [0.1, 0.15) is 38.5 Å². The summed E-state index contributed by atoms with van der Waals surface area (Å²) in [5.41, 5.74) is 0. The summed E-state index contributed by atoms with van der Waals surface area (Å²) in [4.78, 5) is 0. The standard InChI is InChI=1S/C12H23NO2/c14-12-5-3-1-2-4-11(12)13-8-10-6-7-15-9-10/h10-14H,1-9H2. The summed E-state index contributed by atoms with van der Waals surface area (Å²) in [6.45, 7) is 2.83. The van der Waals surface area contributed by atoms with Crippen molar-refractivity contribution in [3.05, 3.63) is 0 Å². The Morgan fingerprint density at radius 3 is 2.80 bits per heavy atom. The highest BCUT2D eigenvalue weighted by Gasteiger charge is 2.23. The molecule has 2 aliphatic rings. The molecule has 1 saturated heterocycles. The van der Waals surface area contributed by atoms with Gasteiger partial charge in [-0.15, -0.1) is 0 Å². The Bertz CT molecular complexity index is 180. The van der Waals surface area contributed by atoms with Crippen molar-refractivity contribution in [1.82, 2.24) is 5.32 Å². The highest BCUT2D eigenvalue weighted by molar-refractivity contribution is 4.80. The third-order valence-corrected chi connectivity index (χ3v) is 3.67. The van der Waals surface area contributed by atoms with E-state index >= 15 is 0 Å². The van der Waals surface area contributed by atoms with Crippen molar-refractivity contribution in [2.24, 2.45) is 5.92 Å². The molecule has 0 bridgehead atoms. The number of hydrogen-bond acceptors (Lipinski definition) is 3. The van der Waals surface area contributed by atoms with Crippen LogP contribution in [0.2, 0.25) is 0 Å². The third kappa shape index (κ3) is 3.44. The maximum absolute atomic E-state index is 9.93. The van der Waals surface area contributed by atoms with Crippen molar-refractivity contribution < 1.29 is 9.84 Å². The minimum Gasteiger partial charge on any atom is -0.392 e. The predicted molar refractivity (Wildman–Crippen MR) is 59.8 cm³/mol. The molecule has 3 unspecified atom stereocenters. The molecule has 0 radical (unpaired) electrons. The van der Waals surface area contributed by atoms with E-state index in [1.165, 1.54) is 25.7 Å². The van der Waals surface area contributed by atoms with E-state index in [-0.39, 0.29) is 6.10 Å². The van der Waals surface area contributed by atoms with Crippen LogP contribution in [0.15, 0.2) is 0 Å². The molecule has 2 fully saturated rings. The summed E-state index contributed by atoms with van der Waals surface area (Å²) >= 11 is 0. The second kappa shape index (κ2) is 5.83. The van der Waals surface area contributed by atoms with Gasteiger partial charge in [0.25, 0.3) is 0 Å². The van der Waals surface area contributed by atoms with E-state index in [1.807, 2.05) is 0 Å². The quantitative estimate of drug-likeness (QED) is 0.694. The van der Waals surface area contributed by atoms with E-state index in [1.54, 1.807) is 0 Å². The van der Waals surface area contributed by atoms with Crippen molar-refractivity contribution in [2.75, 3.05) is 19.8 Å². The number of rotatable bonds is 3.